The lowest BCUT2D eigenvalue weighted by molar-refractivity contribution is -0.137. The van der Waals surface area contributed by atoms with E-state index < -0.39 is 0 Å². The number of fused-ring (bicyclic) bond motifs is 3. The second-order valence-corrected chi connectivity index (χ2v) is 8.44. The van der Waals surface area contributed by atoms with Gasteiger partial charge in [0.25, 0.3) is 0 Å². The molecule has 0 radical (unpaired) electrons. The highest BCUT2D eigenvalue weighted by Crippen LogP contribution is 2.41. The number of hydrogen-bond donors (Lipinski definition) is 0. The van der Waals surface area contributed by atoms with Crippen molar-refractivity contribution in [1.82, 2.24) is 4.90 Å². The number of piperazine rings is 1. The van der Waals surface area contributed by atoms with E-state index in [4.69, 9.17) is 9.47 Å². The Morgan fingerprint density at radius 1 is 0.906 bits per heavy atom. The van der Waals surface area contributed by atoms with E-state index in [9.17, 15) is 9.59 Å². The van der Waals surface area contributed by atoms with Gasteiger partial charge < -0.3 is 19.3 Å². The smallest absolute Gasteiger partial charge is 0.250 e. The highest BCUT2D eigenvalue weighted by Gasteiger charge is 2.51. The molecule has 32 heavy (non-hydrogen) atoms. The molecular formula is C26H22N2O4. The molecule has 6 rings (SSSR count). The summed E-state index contributed by atoms with van der Waals surface area (Å²) in [6.07, 6.45) is 0.974. The molecule has 0 N–H and O–H groups in total. The Bertz CT molecular complexity index is 1190. The predicted octanol–water partition coefficient (Wildman–Crippen LogP) is 3.64. The SMILES string of the molecule is O=C(Cc1ccc(-c2ccccc2)cc1)N1C[C@@H]2C[C@H]1C(=O)N2c1ccc2c(c1)OCO2. The third kappa shape index (κ3) is 3.11. The summed E-state index contributed by atoms with van der Waals surface area (Å²) >= 11 is 0. The fraction of sp³-hybridized carbons (Fsp3) is 0.231. The lowest BCUT2D eigenvalue weighted by Crippen LogP contribution is -2.52. The molecule has 3 aromatic carbocycles. The lowest BCUT2D eigenvalue weighted by atomic mass is 10.0. The van der Waals surface area contributed by atoms with Crippen LogP contribution in [0.4, 0.5) is 5.69 Å². The van der Waals surface area contributed by atoms with Gasteiger partial charge in [0.1, 0.15) is 6.04 Å². The zero-order chi connectivity index (χ0) is 21.7. The summed E-state index contributed by atoms with van der Waals surface area (Å²) in [6.45, 7) is 0.763. The standard InChI is InChI=1S/C26H22N2O4/c29-25(12-17-6-8-19(9-7-17)18-4-2-1-3-5-18)27-15-21-13-22(27)26(30)28(21)20-10-11-23-24(14-20)32-16-31-23/h1-11,14,21-22H,12-13,15-16H2/t21-,22-/m0/s1. The molecule has 3 aliphatic rings. The van der Waals surface area contributed by atoms with Crippen LogP contribution in [-0.2, 0) is 16.0 Å². The molecule has 0 aromatic heterocycles. The zero-order valence-electron chi connectivity index (χ0n) is 17.4. The predicted molar refractivity (Wildman–Crippen MR) is 120 cm³/mol. The molecule has 3 aliphatic heterocycles. The first-order valence-corrected chi connectivity index (χ1v) is 10.8. The summed E-state index contributed by atoms with van der Waals surface area (Å²) in [6, 6.07) is 23.4. The van der Waals surface area contributed by atoms with Gasteiger partial charge in [0, 0.05) is 18.3 Å². The van der Waals surface area contributed by atoms with E-state index in [1.54, 1.807) is 4.90 Å². The molecule has 160 valence electrons. The second-order valence-electron chi connectivity index (χ2n) is 8.44. The topological polar surface area (TPSA) is 59.1 Å². The Hall–Kier alpha value is -3.80. The van der Waals surface area contributed by atoms with Crippen molar-refractivity contribution in [3.63, 3.8) is 0 Å². The van der Waals surface area contributed by atoms with Crippen LogP contribution in [0.2, 0.25) is 0 Å². The fourth-order valence-electron chi connectivity index (χ4n) is 4.95. The van der Waals surface area contributed by atoms with Crippen LogP contribution in [-0.4, -0.2) is 42.1 Å². The Morgan fingerprint density at radius 3 is 2.44 bits per heavy atom. The summed E-state index contributed by atoms with van der Waals surface area (Å²) < 4.78 is 10.8. The normalized spacial score (nSPS) is 20.8. The van der Waals surface area contributed by atoms with Crippen LogP contribution in [0.3, 0.4) is 0 Å². The highest BCUT2D eigenvalue weighted by atomic mass is 16.7. The van der Waals surface area contributed by atoms with Crippen molar-refractivity contribution in [1.29, 1.82) is 0 Å². The van der Waals surface area contributed by atoms with Crippen LogP contribution in [0.5, 0.6) is 11.5 Å². The van der Waals surface area contributed by atoms with Crippen LogP contribution < -0.4 is 14.4 Å². The lowest BCUT2D eigenvalue weighted by Gasteiger charge is -2.34. The summed E-state index contributed by atoms with van der Waals surface area (Å²) in [5, 5.41) is 0. The van der Waals surface area contributed by atoms with Crippen molar-refractivity contribution < 1.29 is 19.1 Å². The first kappa shape index (κ1) is 18.9. The molecule has 6 nitrogen and oxygen atoms in total. The Labute approximate surface area is 186 Å². The van der Waals surface area contributed by atoms with Crippen molar-refractivity contribution >= 4 is 17.5 Å². The Kier molecular flexibility index (Phi) is 4.38. The average molecular weight is 426 g/mol. The van der Waals surface area contributed by atoms with Crippen molar-refractivity contribution in [2.45, 2.75) is 24.9 Å². The van der Waals surface area contributed by atoms with Crippen LogP contribution >= 0.6 is 0 Å². The van der Waals surface area contributed by atoms with Crippen LogP contribution in [0.15, 0.2) is 72.8 Å². The molecule has 2 bridgehead atoms. The van der Waals surface area contributed by atoms with Gasteiger partial charge in [0.2, 0.25) is 18.6 Å². The van der Waals surface area contributed by atoms with Gasteiger partial charge in [-0.1, -0.05) is 54.6 Å². The van der Waals surface area contributed by atoms with E-state index in [0.29, 0.717) is 30.9 Å². The van der Waals surface area contributed by atoms with Crippen molar-refractivity contribution in [2.75, 3.05) is 18.2 Å². The van der Waals surface area contributed by atoms with Crippen molar-refractivity contribution in [3.8, 4) is 22.6 Å². The molecule has 3 heterocycles. The molecule has 2 saturated heterocycles. The number of carbonyl (C=O) groups is 2. The summed E-state index contributed by atoms with van der Waals surface area (Å²) in [4.78, 5) is 29.7. The summed E-state index contributed by atoms with van der Waals surface area (Å²) in [7, 11) is 0. The first-order valence-electron chi connectivity index (χ1n) is 10.8. The summed E-state index contributed by atoms with van der Waals surface area (Å²) in [5.41, 5.74) is 4.03. The molecule has 0 aliphatic carbocycles. The number of ether oxygens (including phenoxy) is 2. The maximum Gasteiger partial charge on any atom is 0.250 e. The minimum Gasteiger partial charge on any atom is -0.454 e. The molecule has 2 atom stereocenters. The van der Waals surface area contributed by atoms with E-state index in [1.807, 2.05) is 65.6 Å². The molecule has 0 spiro atoms. The maximum atomic E-state index is 13.1. The van der Waals surface area contributed by atoms with Crippen molar-refractivity contribution in [3.05, 3.63) is 78.4 Å². The number of benzene rings is 3. The van der Waals surface area contributed by atoms with Gasteiger partial charge in [-0.2, -0.15) is 0 Å². The molecule has 6 heteroatoms. The van der Waals surface area contributed by atoms with Crippen LogP contribution in [0.25, 0.3) is 11.1 Å². The number of amides is 2. The number of nitrogens with zero attached hydrogens (tertiary/aromatic N) is 2. The molecule has 3 aromatic rings. The monoisotopic (exact) mass is 426 g/mol. The number of likely N-dealkylation sites (tertiary alicyclic amines) is 1. The Morgan fingerprint density at radius 2 is 1.66 bits per heavy atom. The number of anilines is 1. The van der Waals surface area contributed by atoms with Gasteiger partial charge in [0.05, 0.1) is 12.5 Å². The largest absolute Gasteiger partial charge is 0.454 e. The first-order chi connectivity index (χ1) is 15.7. The summed E-state index contributed by atoms with van der Waals surface area (Å²) in [5.74, 6) is 1.34. The van der Waals surface area contributed by atoms with Gasteiger partial charge in [0.15, 0.2) is 11.5 Å². The maximum absolute atomic E-state index is 13.1. The second kappa shape index (κ2) is 7.41. The van der Waals surface area contributed by atoms with Gasteiger partial charge >= 0.3 is 0 Å². The quantitative estimate of drug-likeness (QED) is 0.639. The van der Waals surface area contributed by atoms with Gasteiger partial charge in [-0.05, 0) is 35.2 Å². The minimum absolute atomic E-state index is 0.00252. The van der Waals surface area contributed by atoms with E-state index >= 15 is 0 Å². The molecule has 0 unspecified atom stereocenters. The molecule has 0 saturated carbocycles. The third-order valence-electron chi connectivity index (χ3n) is 6.54. The van der Waals surface area contributed by atoms with Crippen LogP contribution in [0, 0.1) is 0 Å². The zero-order valence-corrected chi connectivity index (χ0v) is 17.4. The minimum atomic E-state index is -0.387. The van der Waals surface area contributed by atoms with Gasteiger partial charge in [-0.3, -0.25) is 9.59 Å². The average Bonchev–Trinajstić information content (AvgIpc) is 3.54. The van der Waals surface area contributed by atoms with E-state index in [-0.39, 0.29) is 30.7 Å². The highest BCUT2D eigenvalue weighted by molar-refractivity contribution is 6.04. The molecule has 2 fully saturated rings. The number of hydrogen-bond acceptors (Lipinski definition) is 4. The fourth-order valence-corrected chi connectivity index (χ4v) is 4.95. The van der Waals surface area contributed by atoms with Crippen molar-refractivity contribution in [2.24, 2.45) is 0 Å². The van der Waals surface area contributed by atoms with Gasteiger partial charge in [-0.15, -0.1) is 0 Å². The Balaban J connectivity index is 1.14. The van der Waals surface area contributed by atoms with E-state index in [2.05, 4.69) is 12.1 Å². The molecule has 2 amide bonds. The number of carbonyl (C=O) groups excluding carboxylic acids is 2. The van der Waals surface area contributed by atoms with E-state index in [0.717, 1.165) is 22.4 Å². The van der Waals surface area contributed by atoms with Gasteiger partial charge in [-0.25, -0.2) is 0 Å². The number of rotatable bonds is 4. The molecular weight excluding hydrogens is 404 g/mol. The third-order valence-corrected chi connectivity index (χ3v) is 6.54. The van der Waals surface area contributed by atoms with Crippen LogP contribution in [0.1, 0.15) is 12.0 Å². The van der Waals surface area contributed by atoms with E-state index in [1.165, 1.54) is 0 Å².